The topological polar surface area (TPSA) is 64.1 Å². The number of carbonyl (C=O) groups is 1. The van der Waals surface area contributed by atoms with Crippen molar-refractivity contribution in [1.29, 1.82) is 0 Å². The Morgan fingerprint density at radius 2 is 1.68 bits per heavy atom. The molecule has 0 aliphatic carbocycles. The maximum absolute atomic E-state index is 13.4. The highest BCUT2D eigenvalue weighted by Crippen LogP contribution is 2.38. The van der Waals surface area contributed by atoms with Crippen LogP contribution in [0.2, 0.25) is 0 Å². The summed E-state index contributed by atoms with van der Waals surface area (Å²) in [6.45, 7) is 5.60. The number of ether oxygens (including phenoxy) is 3. The summed E-state index contributed by atoms with van der Waals surface area (Å²) in [4.78, 5) is 22.0. The van der Waals surface area contributed by atoms with Gasteiger partial charge in [0.2, 0.25) is 5.75 Å². The van der Waals surface area contributed by atoms with E-state index in [0.29, 0.717) is 28.9 Å². The number of fused-ring (bicyclic) bond motifs is 1. The van der Waals surface area contributed by atoms with Crippen molar-refractivity contribution in [3.05, 3.63) is 47.0 Å². The fraction of sp³-hybridized carbons (Fsp3) is 0.385. The Labute approximate surface area is 205 Å². The van der Waals surface area contributed by atoms with E-state index in [1.54, 1.807) is 49.7 Å². The quantitative estimate of drug-likeness (QED) is 0.381. The first-order valence-electron chi connectivity index (χ1n) is 11.1. The van der Waals surface area contributed by atoms with Gasteiger partial charge in [0.05, 0.1) is 31.5 Å². The van der Waals surface area contributed by atoms with Gasteiger partial charge in [-0.05, 0) is 81.9 Å². The molecule has 0 saturated carbocycles. The molecule has 0 saturated heterocycles. The average Bonchev–Trinajstić information content (AvgIpc) is 3.23. The van der Waals surface area contributed by atoms with Crippen LogP contribution in [0.3, 0.4) is 0 Å². The molecule has 8 heteroatoms. The van der Waals surface area contributed by atoms with Crippen LogP contribution in [0.4, 0.5) is 5.13 Å². The van der Waals surface area contributed by atoms with E-state index in [0.717, 1.165) is 34.3 Å². The van der Waals surface area contributed by atoms with E-state index in [1.807, 2.05) is 26.2 Å². The molecule has 1 aromatic heterocycles. The van der Waals surface area contributed by atoms with Crippen molar-refractivity contribution >= 4 is 38.7 Å². The number of anilines is 1. The minimum Gasteiger partial charge on any atom is -0.493 e. The third-order valence-electron chi connectivity index (χ3n) is 5.40. The molecule has 0 bridgehead atoms. The van der Waals surface area contributed by atoms with E-state index in [-0.39, 0.29) is 5.91 Å². The molecule has 3 aromatic rings. The highest BCUT2D eigenvalue weighted by molar-refractivity contribution is 7.22. The smallest absolute Gasteiger partial charge is 0.252 e. The van der Waals surface area contributed by atoms with Gasteiger partial charge < -0.3 is 19.1 Å². The minimum absolute atomic E-state index is 0.124. The van der Waals surface area contributed by atoms with E-state index in [1.165, 1.54) is 5.56 Å². The standard InChI is InChI=1S/C26H33N3O4S/c1-17-13-18(2)25-20(14-17)27-26(34-25)29(12-8-11-28(3)4)23(30)10-9-19-15-21(31-5)24(33-7)22(16-19)32-6/h9-10,13-16H,8,11-12H2,1-7H3. The van der Waals surface area contributed by atoms with Crippen LogP contribution in [0.25, 0.3) is 16.3 Å². The summed E-state index contributed by atoms with van der Waals surface area (Å²) in [7, 11) is 8.76. The lowest BCUT2D eigenvalue weighted by Gasteiger charge is -2.19. The van der Waals surface area contributed by atoms with Gasteiger partial charge in [0.1, 0.15) is 0 Å². The van der Waals surface area contributed by atoms with Gasteiger partial charge >= 0.3 is 0 Å². The number of hydrogen-bond donors (Lipinski definition) is 0. The molecule has 0 aliphatic heterocycles. The van der Waals surface area contributed by atoms with Crippen molar-refractivity contribution in [2.24, 2.45) is 0 Å². The predicted octanol–water partition coefficient (Wildman–Crippen LogP) is 4.94. The lowest BCUT2D eigenvalue weighted by molar-refractivity contribution is -0.114. The number of aromatic nitrogens is 1. The second-order valence-corrected chi connectivity index (χ2v) is 9.34. The lowest BCUT2D eigenvalue weighted by atomic mass is 10.1. The lowest BCUT2D eigenvalue weighted by Crippen LogP contribution is -2.32. The Balaban J connectivity index is 1.93. The van der Waals surface area contributed by atoms with Gasteiger partial charge in [0.15, 0.2) is 16.6 Å². The van der Waals surface area contributed by atoms with E-state index in [9.17, 15) is 4.79 Å². The normalized spacial score (nSPS) is 11.4. The third-order valence-corrected chi connectivity index (χ3v) is 6.63. The maximum Gasteiger partial charge on any atom is 0.252 e. The zero-order valence-electron chi connectivity index (χ0n) is 21.0. The minimum atomic E-state index is -0.124. The number of hydrogen-bond acceptors (Lipinski definition) is 7. The van der Waals surface area contributed by atoms with Gasteiger partial charge in [0, 0.05) is 12.6 Å². The van der Waals surface area contributed by atoms with Crippen LogP contribution < -0.4 is 19.1 Å². The van der Waals surface area contributed by atoms with Gasteiger partial charge in [-0.2, -0.15) is 0 Å². The van der Waals surface area contributed by atoms with E-state index < -0.39 is 0 Å². The summed E-state index contributed by atoms with van der Waals surface area (Å²) < 4.78 is 17.3. The van der Waals surface area contributed by atoms with Crippen LogP contribution in [0.1, 0.15) is 23.1 Å². The second-order valence-electron chi connectivity index (χ2n) is 8.37. The molecule has 34 heavy (non-hydrogen) atoms. The van der Waals surface area contributed by atoms with Crippen molar-refractivity contribution in [2.45, 2.75) is 20.3 Å². The Kier molecular flexibility index (Phi) is 8.52. The van der Waals surface area contributed by atoms with Gasteiger partial charge in [-0.25, -0.2) is 4.98 Å². The van der Waals surface area contributed by atoms with E-state index in [4.69, 9.17) is 19.2 Å². The average molecular weight is 484 g/mol. The first kappa shape index (κ1) is 25.5. The molecule has 0 atom stereocenters. The molecule has 3 rings (SSSR count). The summed E-state index contributed by atoms with van der Waals surface area (Å²) in [5.74, 6) is 1.46. The monoisotopic (exact) mass is 483 g/mol. The summed E-state index contributed by atoms with van der Waals surface area (Å²) in [5, 5.41) is 0.710. The van der Waals surface area contributed by atoms with Gasteiger partial charge in [-0.15, -0.1) is 0 Å². The highest BCUT2D eigenvalue weighted by Gasteiger charge is 2.19. The molecule has 1 amide bonds. The largest absolute Gasteiger partial charge is 0.493 e. The number of nitrogens with zero attached hydrogens (tertiary/aromatic N) is 3. The molecule has 7 nitrogen and oxygen atoms in total. The maximum atomic E-state index is 13.4. The van der Waals surface area contributed by atoms with Gasteiger partial charge in [-0.3, -0.25) is 9.69 Å². The Morgan fingerprint density at radius 3 is 2.26 bits per heavy atom. The summed E-state index contributed by atoms with van der Waals surface area (Å²) >= 11 is 1.56. The van der Waals surface area contributed by atoms with Crippen molar-refractivity contribution in [3.63, 3.8) is 0 Å². The first-order valence-corrected chi connectivity index (χ1v) is 11.9. The molecule has 2 aromatic carbocycles. The van der Waals surface area contributed by atoms with Crippen LogP contribution in [0, 0.1) is 13.8 Å². The Morgan fingerprint density at radius 1 is 1.00 bits per heavy atom. The van der Waals surface area contributed by atoms with Crippen LogP contribution in [0.5, 0.6) is 17.2 Å². The van der Waals surface area contributed by atoms with Crippen LogP contribution in [0.15, 0.2) is 30.3 Å². The Bertz CT molecular complexity index is 1160. The Hall–Kier alpha value is -3.10. The molecular formula is C26H33N3O4S. The number of carbonyl (C=O) groups excluding carboxylic acids is 1. The number of amides is 1. The predicted molar refractivity (Wildman–Crippen MR) is 140 cm³/mol. The van der Waals surface area contributed by atoms with E-state index >= 15 is 0 Å². The molecule has 0 fully saturated rings. The zero-order chi connectivity index (χ0) is 24.8. The molecule has 0 aliphatic rings. The number of aryl methyl sites for hydroxylation is 2. The summed E-state index contributed by atoms with van der Waals surface area (Å²) in [6, 6.07) is 7.83. The molecule has 182 valence electrons. The molecule has 0 spiro atoms. The molecule has 0 N–H and O–H groups in total. The van der Waals surface area contributed by atoms with E-state index in [2.05, 4.69) is 30.9 Å². The van der Waals surface area contributed by atoms with Crippen LogP contribution >= 0.6 is 11.3 Å². The van der Waals surface area contributed by atoms with Gasteiger partial charge in [-0.1, -0.05) is 17.4 Å². The fourth-order valence-electron chi connectivity index (χ4n) is 3.78. The van der Waals surface area contributed by atoms with Crippen molar-refractivity contribution in [2.75, 3.05) is 53.4 Å². The molecule has 0 unspecified atom stereocenters. The SMILES string of the molecule is COc1cc(C=CC(=O)N(CCCN(C)C)c2nc3cc(C)cc(C)c3s2)cc(OC)c1OC. The third kappa shape index (κ3) is 5.87. The van der Waals surface area contributed by atoms with Gasteiger partial charge in [0.25, 0.3) is 5.91 Å². The molecule has 1 heterocycles. The summed E-state index contributed by atoms with van der Waals surface area (Å²) in [5.41, 5.74) is 4.03. The highest BCUT2D eigenvalue weighted by atomic mass is 32.1. The first-order chi connectivity index (χ1) is 16.3. The number of benzene rings is 2. The number of thiazole rings is 1. The number of rotatable bonds is 10. The fourth-order valence-corrected chi connectivity index (χ4v) is 4.83. The zero-order valence-corrected chi connectivity index (χ0v) is 21.8. The molecular weight excluding hydrogens is 450 g/mol. The molecule has 0 radical (unpaired) electrons. The number of methoxy groups -OCH3 is 3. The van der Waals surface area contributed by atoms with Crippen molar-refractivity contribution < 1.29 is 19.0 Å². The summed E-state index contributed by atoms with van der Waals surface area (Å²) in [6.07, 6.45) is 4.17. The van der Waals surface area contributed by atoms with Crippen LogP contribution in [-0.4, -0.2) is 64.3 Å². The van der Waals surface area contributed by atoms with Crippen molar-refractivity contribution in [1.82, 2.24) is 9.88 Å². The second kappa shape index (κ2) is 11.4. The van der Waals surface area contributed by atoms with Crippen molar-refractivity contribution in [3.8, 4) is 17.2 Å². The van der Waals surface area contributed by atoms with Crippen LogP contribution in [-0.2, 0) is 4.79 Å².